The van der Waals surface area contributed by atoms with E-state index in [2.05, 4.69) is 52.2 Å². The van der Waals surface area contributed by atoms with Crippen molar-refractivity contribution in [3.8, 4) is 17.0 Å². The quantitative estimate of drug-likeness (QED) is 0.544. The molecule has 5 rings (SSSR count). The Bertz CT molecular complexity index is 1190. The highest BCUT2D eigenvalue weighted by atomic mass is 16.5. The van der Waals surface area contributed by atoms with Crippen LogP contribution in [0.2, 0.25) is 0 Å². The zero-order valence-corrected chi connectivity index (χ0v) is 20.4. The summed E-state index contributed by atoms with van der Waals surface area (Å²) in [4.78, 5) is 21.1. The first-order chi connectivity index (χ1) is 16.5. The second kappa shape index (κ2) is 9.25. The molecule has 34 heavy (non-hydrogen) atoms. The fourth-order valence-corrected chi connectivity index (χ4v) is 5.24. The van der Waals surface area contributed by atoms with E-state index in [4.69, 9.17) is 9.84 Å². The number of amides is 2. The van der Waals surface area contributed by atoms with Crippen LogP contribution in [0.25, 0.3) is 22.2 Å². The molecule has 1 N–H and O–H groups in total. The first-order valence-electron chi connectivity index (χ1n) is 12.3. The molecule has 8 nitrogen and oxygen atoms in total. The third kappa shape index (κ3) is 4.34. The number of urea groups is 1. The van der Waals surface area contributed by atoms with Gasteiger partial charge in [0.15, 0.2) is 0 Å². The molecule has 2 aromatic heterocycles. The van der Waals surface area contributed by atoms with E-state index < -0.39 is 0 Å². The molecule has 180 valence electrons. The topological polar surface area (TPSA) is 75.5 Å². The van der Waals surface area contributed by atoms with Crippen LogP contribution in [-0.2, 0) is 12.0 Å². The van der Waals surface area contributed by atoms with Gasteiger partial charge in [0.2, 0.25) is 0 Å². The highest BCUT2D eigenvalue weighted by molar-refractivity contribution is 5.84. The molecule has 2 amide bonds. The van der Waals surface area contributed by atoms with Crippen LogP contribution >= 0.6 is 0 Å². The number of pyridine rings is 1. The molecule has 1 spiro atoms. The molecule has 0 saturated carbocycles. The minimum absolute atomic E-state index is 0.00811. The molecule has 0 bridgehead atoms. The fraction of sp³-hybridized carbons (Fsp3) is 0.500. The number of rotatable bonds is 7. The summed E-state index contributed by atoms with van der Waals surface area (Å²) in [5.74, 6) is 0.868. The molecule has 2 aliphatic heterocycles. The number of aromatic nitrogens is 3. The molecule has 3 aromatic rings. The number of fused-ring (bicyclic) bond motifs is 3. The SMILES string of the molecule is CCNC(=O)N1CCC2(CCn3nc(-c4cnc5ccc(OCCCN(C)C)cc5c4)cc32)C1. The number of benzene rings is 1. The summed E-state index contributed by atoms with van der Waals surface area (Å²) in [6.07, 6.45) is 4.92. The lowest BCUT2D eigenvalue weighted by Gasteiger charge is -2.23. The van der Waals surface area contributed by atoms with Crippen LogP contribution < -0.4 is 10.1 Å². The highest BCUT2D eigenvalue weighted by Crippen LogP contribution is 2.43. The molecule has 8 heteroatoms. The number of nitrogens with zero attached hydrogens (tertiary/aromatic N) is 5. The summed E-state index contributed by atoms with van der Waals surface area (Å²) in [5.41, 5.74) is 4.15. The number of carbonyl (C=O) groups excluding carboxylic acids is 1. The van der Waals surface area contributed by atoms with Gasteiger partial charge < -0.3 is 19.9 Å². The Kier molecular flexibility index (Phi) is 6.16. The molecular weight excluding hydrogens is 428 g/mol. The van der Waals surface area contributed by atoms with Crippen LogP contribution in [0.3, 0.4) is 0 Å². The van der Waals surface area contributed by atoms with Crippen molar-refractivity contribution < 1.29 is 9.53 Å². The third-order valence-electron chi connectivity index (χ3n) is 7.06. The number of ether oxygens (including phenoxy) is 1. The van der Waals surface area contributed by atoms with Gasteiger partial charge in [0, 0.05) is 61.0 Å². The molecule has 1 saturated heterocycles. The third-order valence-corrected chi connectivity index (χ3v) is 7.06. The first-order valence-corrected chi connectivity index (χ1v) is 12.3. The maximum absolute atomic E-state index is 12.4. The summed E-state index contributed by atoms with van der Waals surface area (Å²) in [6, 6.07) is 10.5. The van der Waals surface area contributed by atoms with E-state index in [-0.39, 0.29) is 11.4 Å². The molecule has 0 aliphatic carbocycles. The van der Waals surface area contributed by atoms with Gasteiger partial charge in [-0.15, -0.1) is 0 Å². The molecule has 1 unspecified atom stereocenters. The summed E-state index contributed by atoms with van der Waals surface area (Å²) in [5, 5.41) is 8.90. The van der Waals surface area contributed by atoms with Crippen molar-refractivity contribution >= 4 is 16.9 Å². The van der Waals surface area contributed by atoms with Crippen LogP contribution in [0.15, 0.2) is 36.5 Å². The van der Waals surface area contributed by atoms with Crippen molar-refractivity contribution in [2.24, 2.45) is 0 Å². The van der Waals surface area contributed by atoms with E-state index >= 15 is 0 Å². The molecular formula is C26H34N6O2. The Morgan fingerprint density at radius 2 is 2.06 bits per heavy atom. The van der Waals surface area contributed by atoms with Gasteiger partial charge in [-0.2, -0.15) is 5.10 Å². The lowest BCUT2D eigenvalue weighted by atomic mass is 9.82. The Hall–Kier alpha value is -3.13. The lowest BCUT2D eigenvalue weighted by Crippen LogP contribution is -2.40. The largest absolute Gasteiger partial charge is 0.494 e. The van der Waals surface area contributed by atoms with E-state index in [1.54, 1.807) is 0 Å². The van der Waals surface area contributed by atoms with Crippen LogP contribution in [0.4, 0.5) is 4.79 Å². The Morgan fingerprint density at radius 1 is 1.21 bits per heavy atom. The molecule has 2 aliphatic rings. The van der Waals surface area contributed by atoms with Crippen molar-refractivity contribution in [3.05, 3.63) is 42.2 Å². The van der Waals surface area contributed by atoms with Crippen LogP contribution in [0, 0.1) is 0 Å². The zero-order valence-electron chi connectivity index (χ0n) is 20.4. The average molecular weight is 463 g/mol. The van der Waals surface area contributed by atoms with Crippen LogP contribution in [-0.4, -0.2) is 77.5 Å². The van der Waals surface area contributed by atoms with Crippen LogP contribution in [0.1, 0.15) is 31.9 Å². The van der Waals surface area contributed by atoms with Gasteiger partial charge in [0.05, 0.1) is 17.8 Å². The van der Waals surface area contributed by atoms with E-state index in [1.807, 2.05) is 30.2 Å². The number of carbonyl (C=O) groups is 1. The summed E-state index contributed by atoms with van der Waals surface area (Å²) < 4.78 is 8.09. The monoisotopic (exact) mass is 462 g/mol. The predicted octanol–water partition coefficient (Wildman–Crippen LogP) is 3.51. The molecule has 4 heterocycles. The van der Waals surface area contributed by atoms with Crippen molar-refractivity contribution in [1.29, 1.82) is 0 Å². The number of likely N-dealkylation sites (tertiary alicyclic amines) is 1. The van der Waals surface area contributed by atoms with Gasteiger partial charge in [-0.05, 0) is 70.6 Å². The van der Waals surface area contributed by atoms with E-state index in [1.165, 1.54) is 5.69 Å². The first kappa shape index (κ1) is 22.7. The normalized spacial score (nSPS) is 19.4. The van der Waals surface area contributed by atoms with Gasteiger partial charge in [0.1, 0.15) is 5.75 Å². The second-order valence-corrected chi connectivity index (χ2v) is 9.76. The van der Waals surface area contributed by atoms with Crippen molar-refractivity contribution in [2.75, 3.05) is 46.9 Å². The van der Waals surface area contributed by atoms with Crippen molar-refractivity contribution in [2.45, 2.75) is 38.1 Å². The van der Waals surface area contributed by atoms with Crippen LogP contribution in [0.5, 0.6) is 5.75 Å². The molecule has 0 radical (unpaired) electrons. The second-order valence-electron chi connectivity index (χ2n) is 9.76. The molecule has 1 aromatic carbocycles. The maximum Gasteiger partial charge on any atom is 0.317 e. The van der Waals surface area contributed by atoms with Gasteiger partial charge in [-0.25, -0.2) is 4.79 Å². The standard InChI is InChI=1S/C26H34N6O2/c1-4-27-25(33)31-11-8-26(18-31)9-12-32-24(26)16-23(29-32)20-14-19-15-21(6-7-22(19)28-17-20)34-13-5-10-30(2)3/h6-7,14-17H,4-5,8-13,18H2,1-3H3,(H,27,33). The number of hydrogen-bond acceptors (Lipinski definition) is 5. The van der Waals surface area contributed by atoms with E-state index in [0.29, 0.717) is 13.2 Å². The summed E-state index contributed by atoms with van der Waals surface area (Å²) >= 11 is 0. The smallest absolute Gasteiger partial charge is 0.317 e. The maximum atomic E-state index is 12.4. The van der Waals surface area contributed by atoms with E-state index in [0.717, 1.165) is 73.4 Å². The average Bonchev–Trinajstić information content (AvgIpc) is 3.53. The summed E-state index contributed by atoms with van der Waals surface area (Å²) in [6.45, 7) is 6.76. The number of aryl methyl sites for hydroxylation is 1. The number of hydrogen-bond donors (Lipinski definition) is 1. The van der Waals surface area contributed by atoms with Gasteiger partial charge in [-0.1, -0.05) is 0 Å². The van der Waals surface area contributed by atoms with Gasteiger partial charge in [0.25, 0.3) is 0 Å². The van der Waals surface area contributed by atoms with E-state index in [9.17, 15) is 4.79 Å². The van der Waals surface area contributed by atoms with Gasteiger partial charge >= 0.3 is 6.03 Å². The minimum Gasteiger partial charge on any atom is -0.494 e. The Morgan fingerprint density at radius 3 is 2.88 bits per heavy atom. The highest BCUT2D eigenvalue weighted by Gasteiger charge is 2.46. The van der Waals surface area contributed by atoms with Crippen molar-refractivity contribution in [3.63, 3.8) is 0 Å². The summed E-state index contributed by atoms with van der Waals surface area (Å²) in [7, 11) is 4.14. The Labute approximate surface area is 200 Å². The number of nitrogens with one attached hydrogen (secondary N) is 1. The van der Waals surface area contributed by atoms with Gasteiger partial charge in [-0.3, -0.25) is 9.67 Å². The lowest BCUT2D eigenvalue weighted by molar-refractivity contribution is 0.206. The molecule has 1 atom stereocenters. The Balaban J connectivity index is 1.35. The van der Waals surface area contributed by atoms with Crippen molar-refractivity contribution in [1.82, 2.24) is 29.9 Å². The minimum atomic E-state index is 0.00811. The zero-order chi connectivity index (χ0) is 23.7. The predicted molar refractivity (Wildman–Crippen MR) is 133 cm³/mol. The fourth-order valence-electron chi connectivity index (χ4n) is 5.24. The molecule has 1 fully saturated rings.